The van der Waals surface area contributed by atoms with Gasteiger partial charge in [-0.05, 0) is 90.2 Å². The minimum absolute atomic E-state index is 0.704. The van der Waals surface area contributed by atoms with Crippen LogP contribution in [0.2, 0.25) is 5.02 Å². The molecule has 0 spiro atoms. The Kier molecular flexibility index (Phi) is 2.92. The number of benzene rings is 2. The van der Waals surface area contributed by atoms with E-state index in [4.69, 9.17) is 11.6 Å². The molecule has 4 aliphatic carbocycles. The molecule has 0 radical (unpaired) electrons. The number of rotatable bonds is 0. The summed E-state index contributed by atoms with van der Waals surface area (Å²) in [6.45, 7) is 0. The summed E-state index contributed by atoms with van der Waals surface area (Å²) in [6, 6.07) is 15.7. The molecule has 2 aromatic carbocycles. The van der Waals surface area contributed by atoms with Crippen molar-refractivity contribution in [2.24, 2.45) is 11.8 Å². The van der Waals surface area contributed by atoms with Gasteiger partial charge >= 0.3 is 0 Å². The topological polar surface area (TPSA) is 0 Å². The molecule has 2 aromatic rings. The third-order valence-electron chi connectivity index (χ3n) is 6.40. The van der Waals surface area contributed by atoms with Crippen molar-refractivity contribution in [1.82, 2.24) is 0 Å². The van der Waals surface area contributed by atoms with Crippen LogP contribution in [0.3, 0.4) is 0 Å². The van der Waals surface area contributed by atoms with E-state index in [1.165, 1.54) is 48.8 Å². The van der Waals surface area contributed by atoms with Gasteiger partial charge in [0.05, 0.1) is 0 Å². The smallest absolute Gasteiger partial charge is 0.0409 e. The average Bonchev–Trinajstić information content (AvgIpc) is 2.83. The molecule has 1 heteroatoms. The summed E-state index contributed by atoms with van der Waals surface area (Å²) < 4.78 is 0. The second-order valence-corrected chi connectivity index (χ2v) is 7.97. The van der Waals surface area contributed by atoms with Gasteiger partial charge in [0.1, 0.15) is 0 Å². The van der Waals surface area contributed by atoms with Gasteiger partial charge in [-0.15, -0.1) is 0 Å². The highest BCUT2D eigenvalue weighted by Gasteiger charge is 2.41. The first-order valence-electron chi connectivity index (χ1n) is 8.68. The monoisotopic (exact) mass is 308 g/mol. The van der Waals surface area contributed by atoms with E-state index in [1.807, 2.05) is 0 Å². The van der Waals surface area contributed by atoms with Crippen molar-refractivity contribution in [3.63, 3.8) is 0 Å². The Labute approximate surface area is 137 Å². The van der Waals surface area contributed by atoms with Crippen LogP contribution >= 0.6 is 11.6 Å². The van der Waals surface area contributed by atoms with Crippen molar-refractivity contribution < 1.29 is 0 Å². The molecule has 0 aliphatic heterocycles. The van der Waals surface area contributed by atoms with Gasteiger partial charge in [0.2, 0.25) is 0 Å². The Morgan fingerprint density at radius 1 is 0.818 bits per heavy atom. The average molecular weight is 309 g/mol. The highest BCUT2D eigenvalue weighted by Crippen LogP contribution is 2.56. The van der Waals surface area contributed by atoms with E-state index in [9.17, 15) is 0 Å². The molecule has 4 atom stereocenters. The predicted octanol–water partition coefficient (Wildman–Crippen LogP) is 6.40. The molecular formula is C21H21Cl. The largest absolute Gasteiger partial charge is 0.0843 e. The second kappa shape index (κ2) is 4.86. The van der Waals surface area contributed by atoms with Gasteiger partial charge in [0.15, 0.2) is 0 Å². The van der Waals surface area contributed by atoms with Crippen molar-refractivity contribution in [2.45, 2.75) is 43.9 Å². The molecule has 0 saturated heterocycles. The molecule has 0 aromatic heterocycles. The van der Waals surface area contributed by atoms with Gasteiger partial charge in [-0.25, -0.2) is 0 Å². The Morgan fingerprint density at radius 2 is 1.68 bits per heavy atom. The van der Waals surface area contributed by atoms with Crippen LogP contribution in [0.25, 0.3) is 11.1 Å². The van der Waals surface area contributed by atoms with Crippen LogP contribution < -0.4 is 0 Å². The summed E-state index contributed by atoms with van der Waals surface area (Å²) in [5, 5.41) is 0.892. The molecule has 4 aliphatic rings. The fraction of sp³-hybridized carbons (Fsp3) is 0.429. The fourth-order valence-corrected chi connectivity index (χ4v) is 5.71. The summed E-state index contributed by atoms with van der Waals surface area (Å²) in [6.07, 6.45) is 6.96. The molecule has 2 saturated carbocycles. The Hall–Kier alpha value is -1.27. The first-order valence-corrected chi connectivity index (χ1v) is 9.06. The minimum Gasteiger partial charge on any atom is -0.0843 e. The molecule has 22 heavy (non-hydrogen) atoms. The van der Waals surface area contributed by atoms with Gasteiger partial charge in [-0.2, -0.15) is 0 Å². The number of fused-ring (bicyclic) bond motifs is 1. The minimum atomic E-state index is 0.704. The zero-order valence-corrected chi connectivity index (χ0v) is 13.5. The Balaban J connectivity index is 1.83. The number of hydrogen-bond acceptors (Lipinski definition) is 0. The molecular weight excluding hydrogens is 288 g/mol. The van der Waals surface area contributed by atoms with Gasteiger partial charge in [0, 0.05) is 5.02 Å². The first kappa shape index (κ1) is 13.2. The molecule has 0 nitrogen and oxygen atoms in total. The first-order chi connectivity index (χ1) is 10.8. The zero-order valence-electron chi connectivity index (χ0n) is 12.8. The van der Waals surface area contributed by atoms with E-state index in [0.29, 0.717) is 5.92 Å². The fourth-order valence-electron chi connectivity index (χ4n) is 5.53. The van der Waals surface area contributed by atoms with Gasteiger partial charge < -0.3 is 0 Å². The van der Waals surface area contributed by atoms with Crippen LogP contribution in [0.1, 0.15) is 55.1 Å². The summed E-state index contributed by atoms with van der Waals surface area (Å²) in [5.74, 6) is 3.31. The molecule has 4 unspecified atom stereocenters. The maximum atomic E-state index is 6.36. The van der Waals surface area contributed by atoms with Gasteiger partial charge in [-0.1, -0.05) is 41.9 Å². The summed E-state index contributed by atoms with van der Waals surface area (Å²) >= 11 is 6.36. The maximum absolute atomic E-state index is 6.36. The lowest BCUT2D eigenvalue weighted by Gasteiger charge is -2.23. The third kappa shape index (κ3) is 1.90. The van der Waals surface area contributed by atoms with E-state index < -0.39 is 0 Å². The van der Waals surface area contributed by atoms with Gasteiger partial charge in [-0.3, -0.25) is 0 Å². The Bertz CT molecular complexity index is 732. The Morgan fingerprint density at radius 3 is 2.64 bits per heavy atom. The van der Waals surface area contributed by atoms with E-state index in [1.54, 1.807) is 5.56 Å². The number of hydrogen-bond donors (Lipinski definition) is 0. The molecule has 6 rings (SSSR count). The SMILES string of the molecule is Clc1ccc2c(c1)C1CCC3CC(C1)CC3c1ccccc1-2. The van der Waals surface area contributed by atoms with Crippen molar-refractivity contribution in [2.75, 3.05) is 0 Å². The van der Waals surface area contributed by atoms with Crippen LogP contribution in [0, 0.1) is 11.8 Å². The number of halogens is 1. The van der Waals surface area contributed by atoms with Crippen molar-refractivity contribution in [1.29, 1.82) is 0 Å². The standard InChI is InChI=1S/C21H21Cl/c22-16-7-8-19-17-3-1-2-4-18(17)20-11-13-9-14(20)5-6-15(10-13)21(19)12-16/h1-4,7-8,12-15,20H,5-6,9-11H2. The maximum Gasteiger partial charge on any atom is 0.0409 e. The molecule has 0 amide bonds. The highest BCUT2D eigenvalue weighted by molar-refractivity contribution is 6.30. The van der Waals surface area contributed by atoms with Crippen molar-refractivity contribution in [3.8, 4) is 11.1 Å². The second-order valence-electron chi connectivity index (χ2n) is 7.53. The summed E-state index contributed by atoms with van der Waals surface area (Å²) in [4.78, 5) is 0. The molecule has 0 heterocycles. The van der Waals surface area contributed by atoms with E-state index in [-0.39, 0.29) is 0 Å². The van der Waals surface area contributed by atoms with Crippen molar-refractivity contribution >= 4 is 11.6 Å². The summed E-state index contributed by atoms with van der Waals surface area (Å²) in [5.41, 5.74) is 6.02. The quantitative estimate of drug-likeness (QED) is 0.528. The van der Waals surface area contributed by atoms with Crippen LogP contribution in [-0.2, 0) is 0 Å². The molecule has 4 bridgehead atoms. The van der Waals surface area contributed by atoms with Crippen LogP contribution in [0.15, 0.2) is 42.5 Å². The van der Waals surface area contributed by atoms with Crippen molar-refractivity contribution in [3.05, 3.63) is 58.6 Å². The highest BCUT2D eigenvalue weighted by atomic mass is 35.5. The lowest BCUT2D eigenvalue weighted by Crippen LogP contribution is -2.08. The summed E-state index contributed by atoms with van der Waals surface area (Å²) in [7, 11) is 0. The van der Waals surface area contributed by atoms with Crippen LogP contribution in [-0.4, -0.2) is 0 Å². The van der Waals surface area contributed by atoms with E-state index in [0.717, 1.165) is 22.8 Å². The lowest BCUT2D eigenvalue weighted by atomic mass is 9.82. The van der Waals surface area contributed by atoms with E-state index in [2.05, 4.69) is 42.5 Å². The molecule has 112 valence electrons. The van der Waals surface area contributed by atoms with E-state index >= 15 is 0 Å². The third-order valence-corrected chi connectivity index (χ3v) is 6.64. The lowest BCUT2D eigenvalue weighted by molar-refractivity contribution is 0.407. The predicted molar refractivity (Wildman–Crippen MR) is 92.4 cm³/mol. The normalized spacial score (nSPS) is 31.9. The molecule has 2 fully saturated rings. The zero-order chi connectivity index (χ0) is 14.7. The van der Waals surface area contributed by atoms with Crippen LogP contribution in [0.4, 0.5) is 0 Å². The van der Waals surface area contributed by atoms with Crippen LogP contribution in [0.5, 0.6) is 0 Å². The molecule has 0 N–H and O–H groups in total. The van der Waals surface area contributed by atoms with Gasteiger partial charge in [0.25, 0.3) is 0 Å².